The van der Waals surface area contributed by atoms with Crippen molar-refractivity contribution in [2.45, 2.75) is 26.3 Å². The molecule has 2 aromatic carbocycles. The van der Waals surface area contributed by atoms with Crippen LogP contribution in [0.5, 0.6) is 0 Å². The molecule has 1 amide bonds. The van der Waals surface area contributed by atoms with Crippen molar-refractivity contribution in [2.24, 2.45) is 11.7 Å². The third-order valence-electron chi connectivity index (χ3n) is 5.83. The molecule has 3 aromatic rings. The third-order valence-corrected chi connectivity index (χ3v) is 5.83. The number of carbonyl (C=O) groups excluding carboxylic acids is 1. The van der Waals surface area contributed by atoms with Crippen LogP contribution in [-0.2, 0) is 0 Å². The number of hydrogen-bond donors (Lipinski definition) is 4. The lowest BCUT2D eigenvalue weighted by Gasteiger charge is -2.11. The molecule has 1 aliphatic rings. The zero-order valence-corrected chi connectivity index (χ0v) is 16.5. The van der Waals surface area contributed by atoms with E-state index < -0.39 is 0 Å². The molecule has 1 aromatic heterocycles. The molecule has 0 bridgehead atoms. The second-order valence-electron chi connectivity index (χ2n) is 7.90. The van der Waals surface area contributed by atoms with Gasteiger partial charge in [-0.3, -0.25) is 4.79 Å². The molecule has 5 nitrogen and oxygen atoms in total. The summed E-state index contributed by atoms with van der Waals surface area (Å²) in [7, 11) is 0. The summed E-state index contributed by atoms with van der Waals surface area (Å²) in [5.74, 6) is 0.459. The van der Waals surface area contributed by atoms with Crippen molar-refractivity contribution in [3.8, 4) is 11.1 Å². The third kappa shape index (κ3) is 3.68. The summed E-state index contributed by atoms with van der Waals surface area (Å²) < 4.78 is 0. The van der Waals surface area contributed by atoms with Gasteiger partial charge in [-0.15, -0.1) is 0 Å². The van der Waals surface area contributed by atoms with E-state index in [1.807, 2.05) is 6.92 Å². The van der Waals surface area contributed by atoms with Gasteiger partial charge in [-0.05, 0) is 62.0 Å². The van der Waals surface area contributed by atoms with E-state index in [4.69, 9.17) is 5.73 Å². The van der Waals surface area contributed by atoms with Gasteiger partial charge in [0.25, 0.3) is 5.91 Å². The lowest BCUT2D eigenvalue weighted by Crippen LogP contribution is -2.37. The first-order valence-electron chi connectivity index (χ1n) is 9.96. The topological polar surface area (TPSA) is 82.9 Å². The Morgan fingerprint density at radius 3 is 2.61 bits per heavy atom. The highest BCUT2D eigenvalue weighted by atomic mass is 16.1. The van der Waals surface area contributed by atoms with Gasteiger partial charge in [0.15, 0.2) is 0 Å². The van der Waals surface area contributed by atoms with Gasteiger partial charge in [0, 0.05) is 23.5 Å². The van der Waals surface area contributed by atoms with Crippen LogP contribution in [0.2, 0.25) is 0 Å². The molecule has 28 heavy (non-hydrogen) atoms. The summed E-state index contributed by atoms with van der Waals surface area (Å²) in [5.41, 5.74) is 11.9. The van der Waals surface area contributed by atoms with Crippen LogP contribution in [-0.4, -0.2) is 36.6 Å². The summed E-state index contributed by atoms with van der Waals surface area (Å²) in [5, 5.41) is 7.58. The molecular weight excluding hydrogens is 348 g/mol. The SMILES string of the molecule is Cc1ccc(-c2ccc3c(C)c(C(=O)NC[C@@H]4C[C@H](CN)CN4)[nH]c3c2)cc1. The lowest BCUT2D eigenvalue weighted by atomic mass is 10.0. The minimum absolute atomic E-state index is 0.0522. The zero-order valence-electron chi connectivity index (χ0n) is 16.5. The highest BCUT2D eigenvalue weighted by molar-refractivity contribution is 6.01. The highest BCUT2D eigenvalue weighted by Crippen LogP contribution is 2.28. The Kier molecular flexibility index (Phi) is 5.20. The van der Waals surface area contributed by atoms with E-state index in [9.17, 15) is 4.79 Å². The average Bonchev–Trinajstić information content (AvgIpc) is 3.31. The number of aryl methyl sites for hydroxylation is 2. The number of fused-ring (bicyclic) bond motifs is 1. The molecule has 146 valence electrons. The van der Waals surface area contributed by atoms with Gasteiger partial charge >= 0.3 is 0 Å². The zero-order chi connectivity index (χ0) is 19.7. The van der Waals surface area contributed by atoms with Crippen LogP contribution in [0.1, 0.15) is 28.0 Å². The Morgan fingerprint density at radius 2 is 1.89 bits per heavy atom. The number of rotatable bonds is 5. The van der Waals surface area contributed by atoms with Gasteiger partial charge in [-0.1, -0.05) is 42.0 Å². The van der Waals surface area contributed by atoms with Crippen LogP contribution in [0.4, 0.5) is 0 Å². The van der Waals surface area contributed by atoms with Crippen molar-refractivity contribution >= 4 is 16.8 Å². The van der Waals surface area contributed by atoms with E-state index in [1.165, 1.54) is 11.1 Å². The van der Waals surface area contributed by atoms with Crippen LogP contribution < -0.4 is 16.4 Å². The molecule has 2 heterocycles. The standard InChI is InChI=1S/C23H28N4O/c1-14-3-5-17(6-4-14)18-7-8-20-15(2)22(27-21(20)10-18)23(28)26-13-19-9-16(11-24)12-25-19/h3-8,10,16,19,25,27H,9,11-13,24H2,1-2H3,(H,26,28)/t16-,19+/m1/s1. The Hall–Kier alpha value is -2.63. The van der Waals surface area contributed by atoms with Crippen molar-refractivity contribution in [1.82, 2.24) is 15.6 Å². The molecular formula is C23H28N4O. The maximum atomic E-state index is 12.7. The summed E-state index contributed by atoms with van der Waals surface area (Å²) in [4.78, 5) is 16.1. The van der Waals surface area contributed by atoms with Gasteiger partial charge in [0.2, 0.25) is 0 Å². The number of nitrogens with two attached hydrogens (primary N) is 1. The Bertz CT molecular complexity index is 990. The first-order chi connectivity index (χ1) is 13.5. The van der Waals surface area contributed by atoms with E-state index in [-0.39, 0.29) is 5.91 Å². The van der Waals surface area contributed by atoms with E-state index in [0.29, 0.717) is 30.7 Å². The molecule has 5 heteroatoms. The van der Waals surface area contributed by atoms with Gasteiger partial charge in [-0.2, -0.15) is 0 Å². The number of nitrogens with one attached hydrogen (secondary N) is 3. The van der Waals surface area contributed by atoms with Crippen LogP contribution in [0.25, 0.3) is 22.0 Å². The van der Waals surface area contributed by atoms with E-state index >= 15 is 0 Å². The fraction of sp³-hybridized carbons (Fsp3) is 0.348. The quantitative estimate of drug-likeness (QED) is 0.552. The van der Waals surface area contributed by atoms with Gasteiger partial charge in [-0.25, -0.2) is 0 Å². The number of amides is 1. The Balaban J connectivity index is 1.52. The normalized spacial score (nSPS) is 19.2. The molecule has 1 aliphatic heterocycles. The second kappa shape index (κ2) is 7.78. The molecule has 0 radical (unpaired) electrons. The van der Waals surface area contributed by atoms with Crippen LogP contribution >= 0.6 is 0 Å². The maximum Gasteiger partial charge on any atom is 0.268 e. The Labute approximate surface area is 165 Å². The average molecular weight is 377 g/mol. The lowest BCUT2D eigenvalue weighted by molar-refractivity contribution is 0.0945. The smallest absolute Gasteiger partial charge is 0.268 e. The summed E-state index contributed by atoms with van der Waals surface area (Å²) >= 11 is 0. The van der Waals surface area contributed by atoms with Crippen molar-refractivity contribution in [2.75, 3.05) is 19.6 Å². The van der Waals surface area contributed by atoms with Crippen LogP contribution in [0.3, 0.4) is 0 Å². The van der Waals surface area contributed by atoms with Crippen molar-refractivity contribution in [1.29, 1.82) is 0 Å². The predicted octanol–water partition coefficient (Wildman–Crippen LogP) is 3.12. The van der Waals surface area contributed by atoms with E-state index in [2.05, 4.69) is 65.0 Å². The van der Waals surface area contributed by atoms with E-state index in [1.54, 1.807) is 0 Å². The molecule has 0 saturated carbocycles. The number of H-pyrrole nitrogens is 1. The monoisotopic (exact) mass is 376 g/mol. The fourth-order valence-corrected chi connectivity index (χ4v) is 4.03. The number of hydrogen-bond acceptors (Lipinski definition) is 3. The number of aromatic amines is 1. The largest absolute Gasteiger partial charge is 0.350 e. The predicted molar refractivity (Wildman–Crippen MR) is 114 cm³/mol. The first-order valence-corrected chi connectivity index (χ1v) is 9.96. The van der Waals surface area contributed by atoms with Gasteiger partial charge in [0.05, 0.1) is 0 Å². The minimum Gasteiger partial charge on any atom is -0.350 e. The summed E-state index contributed by atoms with van der Waals surface area (Å²) in [6.45, 7) is 6.34. The fourth-order valence-electron chi connectivity index (χ4n) is 4.03. The van der Waals surface area contributed by atoms with Crippen molar-refractivity contribution in [3.63, 3.8) is 0 Å². The van der Waals surface area contributed by atoms with E-state index in [0.717, 1.165) is 35.0 Å². The number of carbonyl (C=O) groups is 1. The maximum absolute atomic E-state index is 12.7. The molecule has 5 N–H and O–H groups in total. The number of benzene rings is 2. The minimum atomic E-state index is -0.0522. The highest BCUT2D eigenvalue weighted by Gasteiger charge is 2.24. The van der Waals surface area contributed by atoms with Crippen LogP contribution in [0, 0.1) is 19.8 Å². The molecule has 1 fully saturated rings. The summed E-state index contributed by atoms with van der Waals surface area (Å²) in [6, 6.07) is 15.1. The van der Waals surface area contributed by atoms with Crippen LogP contribution in [0.15, 0.2) is 42.5 Å². The second-order valence-corrected chi connectivity index (χ2v) is 7.90. The molecule has 2 atom stereocenters. The van der Waals surface area contributed by atoms with Gasteiger partial charge in [0.1, 0.15) is 5.69 Å². The molecule has 1 saturated heterocycles. The van der Waals surface area contributed by atoms with Crippen molar-refractivity contribution in [3.05, 3.63) is 59.3 Å². The Morgan fingerprint density at radius 1 is 1.14 bits per heavy atom. The molecule has 0 aliphatic carbocycles. The molecule has 0 unspecified atom stereocenters. The van der Waals surface area contributed by atoms with Gasteiger partial charge < -0.3 is 21.4 Å². The summed E-state index contributed by atoms with van der Waals surface area (Å²) in [6.07, 6.45) is 1.02. The number of aromatic nitrogens is 1. The molecule has 0 spiro atoms. The first kappa shape index (κ1) is 18.7. The van der Waals surface area contributed by atoms with Crippen molar-refractivity contribution < 1.29 is 4.79 Å². The molecule has 4 rings (SSSR count).